The van der Waals surface area contributed by atoms with Crippen LogP contribution < -0.4 is 16.2 Å². The number of fused-ring (bicyclic) bond motifs is 1. The summed E-state index contributed by atoms with van der Waals surface area (Å²) in [7, 11) is 0. The van der Waals surface area contributed by atoms with E-state index in [1.54, 1.807) is 11.3 Å². The smallest absolute Gasteiger partial charge is 0.238 e. The van der Waals surface area contributed by atoms with Crippen LogP contribution in [0.5, 0.6) is 0 Å². The number of rotatable bonds is 4. The van der Waals surface area contributed by atoms with E-state index in [9.17, 15) is 4.79 Å². The molecule has 118 valence electrons. The Hall–Kier alpha value is -2.22. The van der Waals surface area contributed by atoms with Crippen LogP contribution in [0.3, 0.4) is 0 Å². The third-order valence-electron chi connectivity index (χ3n) is 4.01. The number of carbonyl (C=O) groups is 1. The van der Waals surface area contributed by atoms with Crippen LogP contribution in [0.2, 0.25) is 0 Å². The standard InChI is InChI=1S/C16H17N5OS/c22-15(17-9-12-10-21-6-7-23-16(21)18-12)14-8-13(19-20-14)11-4-2-1-3-5-11/h1-7,10,13-14,19-20H,8-9H2,(H,17,22). The molecule has 0 aliphatic carbocycles. The number of carbonyl (C=O) groups excluding carboxylic acids is 1. The first kappa shape index (κ1) is 14.4. The molecule has 4 rings (SSSR count). The number of hydrogen-bond donors (Lipinski definition) is 3. The molecule has 2 unspecified atom stereocenters. The van der Waals surface area contributed by atoms with E-state index in [4.69, 9.17) is 0 Å². The average Bonchev–Trinajstić information content (AvgIpc) is 3.29. The van der Waals surface area contributed by atoms with E-state index in [-0.39, 0.29) is 18.0 Å². The van der Waals surface area contributed by atoms with Gasteiger partial charge in [0.2, 0.25) is 5.91 Å². The number of hydrazine groups is 1. The summed E-state index contributed by atoms with van der Waals surface area (Å²) in [6, 6.07) is 10.1. The van der Waals surface area contributed by atoms with Crippen LogP contribution >= 0.6 is 11.3 Å². The predicted molar refractivity (Wildman–Crippen MR) is 88.8 cm³/mol. The summed E-state index contributed by atoms with van der Waals surface area (Å²) in [6.45, 7) is 0.446. The van der Waals surface area contributed by atoms with E-state index in [2.05, 4.69) is 33.3 Å². The molecule has 3 heterocycles. The van der Waals surface area contributed by atoms with Crippen LogP contribution in [0.1, 0.15) is 23.7 Å². The number of nitrogens with one attached hydrogen (secondary N) is 3. The van der Waals surface area contributed by atoms with Crippen molar-refractivity contribution in [2.24, 2.45) is 0 Å². The van der Waals surface area contributed by atoms with Gasteiger partial charge in [0.1, 0.15) is 6.04 Å². The van der Waals surface area contributed by atoms with Crippen molar-refractivity contribution in [1.29, 1.82) is 0 Å². The molecule has 7 heteroatoms. The third kappa shape index (κ3) is 2.98. The van der Waals surface area contributed by atoms with E-state index in [1.807, 2.05) is 40.4 Å². The molecule has 1 amide bonds. The van der Waals surface area contributed by atoms with Gasteiger partial charge < -0.3 is 5.32 Å². The largest absolute Gasteiger partial charge is 0.349 e. The summed E-state index contributed by atoms with van der Waals surface area (Å²) in [6.07, 6.45) is 4.64. The van der Waals surface area contributed by atoms with E-state index < -0.39 is 0 Å². The monoisotopic (exact) mass is 327 g/mol. The Kier molecular flexibility index (Phi) is 3.82. The number of hydrogen-bond acceptors (Lipinski definition) is 5. The molecule has 2 aromatic heterocycles. The van der Waals surface area contributed by atoms with E-state index in [1.165, 1.54) is 5.56 Å². The second-order valence-electron chi connectivity index (χ2n) is 5.58. The predicted octanol–water partition coefficient (Wildman–Crippen LogP) is 1.62. The topological polar surface area (TPSA) is 70.5 Å². The minimum absolute atomic E-state index is 0.00714. The summed E-state index contributed by atoms with van der Waals surface area (Å²) < 4.78 is 1.97. The number of benzene rings is 1. The first-order chi connectivity index (χ1) is 11.3. The molecular formula is C16H17N5OS. The number of amides is 1. The first-order valence-corrected chi connectivity index (χ1v) is 8.42. The molecule has 3 aromatic rings. The minimum atomic E-state index is -0.232. The Morgan fingerprint density at radius 3 is 3.04 bits per heavy atom. The first-order valence-electron chi connectivity index (χ1n) is 7.54. The zero-order chi connectivity index (χ0) is 15.6. The van der Waals surface area contributed by atoms with E-state index in [0.29, 0.717) is 6.54 Å². The molecule has 1 aliphatic rings. The third-order valence-corrected chi connectivity index (χ3v) is 4.78. The lowest BCUT2D eigenvalue weighted by atomic mass is 10.0. The quantitative estimate of drug-likeness (QED) is 0.681. The molecule has 1 aliphatic heterocycles. The van der Waals surface area contributed by atoms with Crippen molar-refractivity contribution >= 4 is 22.2 Å². The highest BCUT2D eigenvalue weighted by Gasteiger charge is 2.29. The van der Waals surface area contributed by atoms with Gasteiger partial charge in [0.15, 0.2) is 4.96 Å². The molecule has 1 aromatic carbocycles. The number of thiazole rings is 1. The molecule has 0 saturated carbocycles. The number of aromatic nitrogens is 2. The lowest BCUT2D eigenvalue weighted by molar-refractivity contribution is -0.123. The summed E-state index contributed by atoms with van der Waals surface area (Å²) in [5.74, 6) is -0.00714. The van der Waals surface area contributed by atoms with Crippen LogP contribution in [0.25, 0.3) is 4.96 Å². The molecule has 3 N–H and O–H groups in total. The van der Waals surface area contributed by atoms with Crippen LogP contribution in [0.4, 0.5) is 0 Å². The fourth-order valence-electron chi connectivity index (χ4n) is 2.79. The second-order valence-corrected chi connectivity index (χ2v) is 6.46. The average molecular weight is 327 g/mol. The van der Waals surface area contributed by atoms with Crippen molar-refractivity contribution in [2.45, 2.75) is 25.0 Å². The van der Waals surface area contributed by atoms with Gasteiger partial charge in [-0.2, -0.15) is 0 Å². The van der Waals surface area contributed by atoms with Gasteiger partial charge in [-0.25, -0.2) is 15.8 Å². The number of nitrogens with zero attached hydrogens (tertiary/aromatic N) is 2. The molecule has 2 atom stereocenters. The summed E-state index contributed by atoms with van der Waals surface area (Å²) >= 11 is 1.58. The van der Waals surface area contributed by atoms with E-state index >= 15 is 0 Å². The molecule has 6 nitrogen and oxygen atoms in total. The maximum absolute atomic E-state index is 12.3. The Balaban J connectivity index is 1.34. The SMILES string of the molecule is O=C(NCc1cn2ccsc2n1)C1CC(c2ccccc2)NN1. The van der Waals surface area contributed by atoms with Gasteiger partial charge in [-0.3, -0.25) is 9.20 Å². The van der Waals surface area contributed by atoms with Crippen molar-refractivity contribution in [3.05, 3.63) is 59.4 Å². The molecule has 0 radical (unpaired) electrons. The van der Waals surface area contributed by atoms with Gasteiger partial charge in [-0.15, -0.1) is 11.3 Å². The van der Waals surface area contributed by atoms with Gasteiger partial charge in [-0.05, 0) is 12.0 Å². The molecular weight excluding hydrogens is 310 g/mol. The lowest BCUT2D eigenvalue weighted by Gasteiger charge is -2.10. The Morgan fingerprint density at radius 2 is 2.22 bits per heavy atom. The van der Waals surface area contributed by atoms with E-state index in [0.717, 1.165) is 17.1 Å². The molecule has 1 saturated heterocycles. The maximum atomic E-state index is 12.3. The Bertz CT molecular complexity index is 784. The second kappa shape index (κ2) is 6.11. The summed E-state index contributed by atoms with van der Waals surface area (Å²) in [5, 5.41) is 4.94. The Morgan fingerprint density at radius 1 is 1.35 bits per heavy atom. The van der Waals surface area contributed by atoms with Crippen molar-refractivity contribution in [3.8, 4) is 0 Å². The fraction of sp³-hybridized carbons (Fsp3) is 0.250. The Labute approximate surface area is 137 Å². The van der Waals surface area contributed by atoms with Crippen LogP contribution in [-0.2, 0) is 11.3 Å². The van der Waals surface area contributed by atoms with Gasteiger partial charge in [0, 0.05) is 23.8 Å². The van der Waals surface area contributed by atoms with Crippen molar-refractivity contribution < 1.29 is 4.79 Å². The lowest BCUT2D eigenvalue weighted by Crippen LogP contribution is -2.42. The van der Waals surface area contributed by atoms with Gasteiger partial charge in [0.25, 0.3) is 0 Å². The minimum Gasteiger partial charge on any atom is -0.349 e. The van der Waals surface area contributed by atoms with Gasteiger partial charge >= 0.3 is 0 Å². The zero-order valence-electron chi connectivity index (χ0n) is 12.4. The molecule has 23 heavy (non-hydrogen) atoms. The van der Waals surface area contributed by atoms with Gasteiger partial charge in [-0.1, -0.05) is 30.3 Å². The maximum Gasteiger partial charge on any atom is 0.238 e. The van der Waals surface area contributed by atoms with Crippen molar-refractivity contribution in [1.82, 2.24) is 25.6 Å². The van der Waals surface area contributed by atoms with Crippen LogP contribution in [0, 0.1) is 0 Å². The normalized spacial score (nSPS) is 20.9. The van der Waals surface area contributed by atoms with Crippen molar-refractivity contribution in [2.75, 3.05) is 0 Å². The van der Waals surface area contributed by atoms with Crippen LogP contribution in [0.15, 0.2) is 48.1 Å². The highest BCUT2D eigenvalue weighted by Crippen LogP contribution is 2.21. The highest BCUT2D eigenvalue weighted by atomic mass is 32.1. The summed E-state index contributed by atoms with van der Waals surface area (Å²) in [4.78, 5) is 17.7. The molecule has 0 bridgehead atoms. The molecule has 1 fully saturated rings. The van der Waals surface area contributed by atoms with Crippen molar-refractivity contribution in [3.63, 3.8) is 0 Å². The summed E-state index contributed by atoms with van der Waals surface area (Å²) in [5.41, 5.74) is 8.32. The van der Waals surface area contributed by atoms with Crippen LogP contribution in [-0.4, -0.2) is 21.3 Å². The molecule has 0 spiro atoms. The zero-order valence-corrected chi connectivity index (χ0v) is 13.2. The highest BCUT2D eigenvalue weighted by molar-refractivity contribution is 7.15. The number of imidazole rings is 1. The fourth-order valence-corrected chi connectivity index (χ4v) is 3.51. The van der Waals surface area contributed by atoms with Gasteiger partial charge in [0.05, 0.1) is 12.2 Å².